The van der Waals surface area contributed by atoms with Crippen LogP contribution in [0.15, 0.2) is 65.6 Å². The zero-order valence-electron chi connectivity index (χ0n) is 10.6. The Morgan fingerprint density at radius 2 is 1.45 bits per heavy atom. The molecule has 0 spiro atoms. The van der Waals surface area contributed by atoms with Gasteiger partial charge in [0.15, 0.2) is 9.84 Å². The molecule has 0 saturated heterocycles. The molecule has 1 unspecified atom stereocenters. The van der Waals surface area contributed by atoms with E-state index in [1.165, 1.54) is 12.1 Å². The first-order chi connectivity index (χ1) is 9.50. The summed E-state index contributed by atoms with van der Waals surface area (Å²) in [6.45, 7) is 0. The molecule has 0 aliphatic heterocycles. The van der Waals surface area contributed by atoms with Gasteiger partial charge in [-0.05, 0) is 17.7 Å². The van der Waals surface area contributed by atoms with Crippen molar-refractivity contribution in [1.82, 2.24) is 0 Å². The zero-order chi connectivity index (χ0) is 14.6. The molecule has 20 heavy (non-hydrogen) atoms. The molecule has 0 amide bonds. The van der Waals surface area contributed by atoms with Crippen molar-refractivity contribution in [3.63, 3.8) is 0 Å². The van der Waals surface area contributed by atoms with E-state index in [1.54, 1.807) is 48.5 Å². The SMILES string of the molecule is O=C(O)C(CS(=O)(=O)c1ccccc1)c1ccccc1. The van der Waals surface area contributed by atoms with Gasteiger partial charge in [0.05, 0.1) is 16.6 Å². The first-order valence-corrected chi connectivity index (χ1v) is 7.71. The third-order valence-corrected chi connectivity index (χ3v) is 4.75. The summed E-state index contributed by atoms with van der Waals surface area (Å²) in [6, 6.07) is 16.3. The lowest BCUT2D eigenvalue weighted by atomic mass is 10.0. The molecular weight excluding hydrogens is 276 g/mol. The predicted octanol–water partition coefficient (Wildman–Crippen LogP) is 2.33. The average Bonchev–Trinajstić information content (AvgIpc) is 2.46. The molecule has 2 aromatic rings. The maximum absolute atomic E-state index is 12.3. The molecule has 1 N–H and O–H groups in total. The number of rotatable bonds is 5. The van der Waals surface area contributed by atoms with Crippen LogP contribution >= 0.6 is 0 Å². The van der Waals surface area contributed by atoms with Crippen molar-refractivity contribution >= 4 is 15.8 Å². The second kappa shape index (κ2) is 5.88. The maximum Gasteiger partial charge on any atom is 0.312 e. The molecule has 4 nitrogen and oxygen atoms in total. The normalized spacial score (nSPS) is 12.8. The fraction of sp³-hybridized carbons (Fsp3) is 0.133. The smallest absolute Gasteiger partial charge is 0.312 e. The fourth-order valence-electron chi connectivity index (χ4n) is 1.94. The summed E-state index contributed by atoms with van der Waals surface area (Å²) in [5, 5.41) is 9.27. The van der Waals surface area contributed by atoms with E-state index in [0.29, 0.717) is 5.56 Å². The second-order valence-corrected chi connectivity index (χ2v) is 6.43. The van der Waals surface area contributed by atoms with E-state index in [2.05, 4.69) is 0 Å². The van der Waals surface area contributed by atoms with E-state index in [9.17, 15) is 18.3 Å². The van der Waals surface area contributed by atoms with Crippen LogP contribution in [-0.4, -0.2) is 25.2 Å². The van der Waals surface area contributed by atoms with Gasteiger partial charge in [0.25, 0.3) is 0 Å². The summed E-state index contributed by atoms with van der Waals surface area (Å²) < 4.78 is 24.5. The number of carboxylic acids is 1. The summed E-state index contributed by atoms with van der Waals surface area (Å²) in [5.41, 5.74) is 0.486. The number of carboxylic acid groups (broad SMARTS) is 1. The largest absolute Gasteiger partial charge is 0.481 e. The van der Waals surface area contributed by atoms with Crippen molar-refractivity contribution in [2.24, 2.45) is 0 Å². The third-order valence-electron chi connectivity index (χ3n) is 2.99. The molecule has 0 heterocycles. The van der Waals surface area contributed by atoms with Crippen LogP contribution in [0.1, 0.15) is 11.5 Å². The van der Waals surface area contributed by atoms with Crippen molar-refractivity contribution in [2.45, 2.75) is 10.8 Å². The summed E-state index contributed by atoms with van der Waals surface area (Å²) in [7, 11) is -3.63. The lowest BCUT2D eigenvalue weighted by Crippen LogP contribution is -2.22. The van der Waals surface area contributed by atoms with Gasteiger partial charge in [-0.3, -0.25) is 4.79 Å². The highest BCUT2D eigenvalue weighted by atomic mass is 32.2. The van der Waals surface area contributed by atoms with E-state index in [1.807, 2.05) is 0 Å². The number of benzene rings is 2. The molecule has 0 aliphatic carbocycles. The van der Waals surface area contributed by atoms with E-state index in [4.69, 9.17) is 0 Å². The van der Waals surface area contributed by atoms with Crippen molar-refractivity contribution < 1.29 is 18.3 Å². The molecule has 0 saturated carbocycles. The molecule has 5 heteroatoms. The molecule has 0 radical (unpaired) electrons. The highest BCUT2D eigenvalue weighted by Gasteiger charge is 2.27. The van der Waals surface area contributed by atoms with Crippen LogP contribution in [0.3, 0.4) is 0 Å². The van der Waals surface area contributed by atoms with Gasteiger partial charge in [0, 0.05) is 0 Å². The Balaban J connectivity index is 2.33. The summed E-state index contributed by atoms with van der Waals surface area (Å²) in [4.78, 5) is 11.5. The maximum atomic E-state index is 12.3. The Bertz CT molecular complexity index is 678. The highest BCUT2D eigenvalue weighted by molar-refractivity contribution is 7.91. The third kappa shape index (κ3) is 3.24. The fourth-order valence-corrected chi connectivity index (χ4v) is 3.48. The lowest BCUT2D eigenvalue weighted by molar-refractivity contribution is -0.138. The summed E-state index contributed by atoms with van der Waals surface area (Å²) >= 11 is 0. The van der Waals surface area contributed by atoms with Gasteiger partial charge in [-0.25, -0.2) is 8.42 Å². The van der Waals surface area contributed by atoms with Crippen molar-refractivity contribution in [1.29, 1.82) is 0 Å². The van der Waals surface area contributed by atoms with Gasteiger partial charge >= 0.3 is 5.97 Å². The zero-order valence-corrected chi connectivity index (χ0v) is 11.5. The van der Waals surface area contributed by atoms with Gasteiger partial charge in [-0.15, -0.1) is 0 Å². The van der Waals surface area contributed by atoms with E-state index in [0.717, 1.165) is 0 Å². The van der Waals surface area contributed by atoms with Crippen molar-refractivity contribution in [3.05, 3.63) is 66.2 Å². The van der Waals surface area contributed by atoms with E-state index in [-0.39, 0.29) is 4.90 Å². The Morgan fingerprint density at radius 3 is 1.95 bits per heavy atom. The van der Waals surface area contributed by atoms with Crippen LogP contribution < -0.4 is 0 Å². The van der Waals surface area contributed by atoms with Gasteiger partial charge in [0.1, 0.15) is 0 Å². The minimum absolute atomic E-state index is 0.141. The molecule has 0 aliphatic rings. The molecule has 2 aromatic carbocycles. The Hall–Kier alpha value is -2.14. The molecule has 0 aromatic heterocycles. The van der Waals surface area contributed by atoms with Crippen LogP contribution in [0, 0.1) is 0 Å². The summed E-state index contributed by atoms with van der Waals surface area (Å²) in [6.07, 6.45) is 0. The highest BCUT2D eigenvalue weighted by Crippen LogP contribution is 2.22. The molecule has 104 valence electrons. The summed E-state index contributed by atoms with van der Waals surface area (Å²) in [5.74, 6) is -2.66. The first kappa shape index (κ1) is 14.3. The molecule has 0 bridgehead atoms. The Labute approximate surface area is 117 Å². The van der Waals surface area contributed by atoms with Crippen LogP contribution in [0.5, 0.6) is 0 Å². The van der Waals surface area contributed by atoms with Crippen LogP contribution in [0.25, 0.3) is 0 Å². The van der Waals surface area contributed by atoms with E-state index >= 15 is 0 Å². The number of aliphatic carboxylic acids is 1. The second-order valence-electron chi connectivity index (χ2n) is 4.40. The van der Waals surface area contributed by atoms with E-state index < -0.39 is 27.5 Å². The standard InChI is InChI=1S/C15H14O4S/c16-15(17)14(12-7-3-1-4-8-12)11-20(18,19)13-9-5-2-6-10-13/h1-10,14H,11H2,(H,16,17). The minimum atomic E-state index is -3.63. The Morgan fingerprint density at radius 1 is 0.950 bits per heavy atom. The van der Waals surface area contributed by atoms with Gasteiger partial charge in [-0.1, -0.05) is 48.5 Å². The minimum Gasteiger partial charge on any atom is -0.481 e. The molecular formula is C15H14O4S. The van der Waals surface area contributed by atoms with Crippen molar-refractivity contribution in [2.75, 3.05) is 5.75 Å². The number of sulfone groups is 1. The van der Waals surface area contributed by atoms with Crippen molar-refractivity contribution in [3.8, 4) is 0 Å². The quantitative estimate of drug-likeness (QED) is 0.917. The molecule has 2 rings (SSSR count). The first-order valence-electron chi connectivity index (χ1n) is 6.06. The number of carbonyl (C=O) groups is 1. The van der Waals surface area contributed by atoms with Gasteiger partial charge in [-0.2, -0.15) is 0 Å². The topological polar surface area (TPSA) is 71.4 Å². The number of hydrogen-bond acceptors (Lipinski definition) is 3. The van der Waals surface area contributed by atoms with Crippen LogP contribution in [0.2, 0.25) is 0 Å². The molecule has 0 fully saturated rings. The van der Waals surface area contributed by atoms with Gasteiger partial charge in [0.2, 0.25) is 0 Å². The number of hydrogen-bond donors (Lipinski definition) is 1. The Kier molecular flexibility index (Phi) is 4.20. The van der Waals surface area contributed by atoms with Crippen LogP contribution in [0.4, 0.5) is 0 Å². The van der Waals surface area contributed by atoms with Gasteiger partial charge < -0.3 is 5.11 Å². The lowest BCUT2D eigenvalue weighted by Gasteiger charge is -2.13. The molecule has 1 atom stereocenters. The predicted molar refractivity (Wildman–Crippen MR) is 75.3 cm³/mol. The monoisotopic (exact) mass is 290 g/mol. The average molecular weight is 290 g/mol. The van der Waals surface area contributed by atoms with Crippen LogP contribution in [-0.2, 0) is 14.6 Å².